The van der Waals surface area contributed by atoms with Crippen molar-refractivity contribution < 1.29 is 13.7 Å². The Morgan fingerprint density at radius 3 is 2.81 bits per heavy atom. The van der Waals surface area contributed by atoms with Gasteiger partial charge in [-0.05, 0) is 33.1 Å². The Hall–Kier alpha value is -2.90. The number of anilines is 1. The zero-order valence-electron chi connectivity index (χ0n) is 16.0. The number of rotatable bonds is 6. The molecule has 1 N–H and O–H groups in total. The van der Waals surface area contributed by atoms with Gasteiger partial charge in [0.2, 0.25) is 5.71 Å². The summed E-state index contributed by atoms with van der Waals surface area (Å²) in [6.45, 7) is 6.24. The zero-order valence-corrected chi connectivity index (χ0v) is 16.0. The Bertz CT molecular complexity index is 1000. The van der Waals surface area contributed by atoms with Gasteiger partial charge >= 0.3 is 0 Å². The molecule has 3 aromatic heterocycles. The Balaban J connectivity index is 1.67. The highest BCUT2D eigenvalue weighted by atomic mass is 16.5. The number of nitrogens with zero attached hydrogens (tertiary/aromatic N) is 4. The van der Waals surface area contributed by atoms with Crippen molar-refractivity contribution in [3.05, 3.63) is 35.2 Å². The molecule has 142 valence electrons. The van der Waals surface area contributed by atoms with Crippen LogP contribution in [0.5, 0.6) is 0 Å². The van der Waals surface area contributed by atoms with Gasteiger partial charge in [-0.15, -0.1) is 0 Å². The van der Waals surface area contributed by atoms with E-state index in [1.807, 2.05) is 13.0 Å². The normalized spacial score (nSPS) is 15.1. The van der Waals surface area contributed by atoms with Gasteiger partial charge in [0.25, 0.3) is 5.91 Å². The van der Waals surface area contributed by atoms with E-state index in [-0.39, 0.29) is 11.4 Å². The first-order valence-corrected chi connectivity index (χ1v) is 9.12. The predicted octanol–water partition coefficient (Wildman–Crippen LogP) is 3.32. The average molecular weight is 369 g/mol. The number of aryl methyl sites for hydroxylation is 2. The Morgan fingerprint density at radius 1 is 1.37 bits per heavy atom. The fourth-order valence-corrected chi connectivity index (χ4v) is 3.09. The Kier molecular flexibility index (Phi) is 4.13. The molecular formula is C19H23N5O3. The highest BCUT2D eigenvalue weighted by Gasteiger charge is 2.38. The summed E-state index contributed by atoms with van der Waals surface area (Å²) in [5.74, 6) is 1.65. The van der Waals surface area contributed by atoms with Crippen LogP contribution in [0.2, 0.25) is 0 Å². The van der Waals surface area contributed by atoms with Crippen LogP contribution in [0.3, 0.4) is 0 Å². The molecule has 0 unspecified atom stereocenters. The van der Waals surface area contributed by atoms with E-state index in [4.69, 9.17) is 8.94 Å². The van der Waals surface area contributed by atoms with Crippen LogP contribution >= 0.6 is 0 Å². The van der Waals surface area contributed by atoms with Crippen LogP contribution in [0, 0.1) is 6.92 Å². The summed E-state index contributed by atoms with van der Waals surface area (Å²) < 4.78 is 11.0. The van der Waals surface area contributed by atoms with Gasteiger partial charge in [-0.1, -0.05) is 12.1 Å². The predicted molar refractivity (Wildman–Crippen MR) is 99.5 cm³/mol. The molecule has 1 amide bonds. The largest absolute Gasteiger partial charge is 0.442 e. The second-order valence-electron chi connectivity index (χ2n) is 7.42. The fourth-order valence-electron chi connectivity index (χ4n) is 3.09. The van der Waals surface area contributed by atoms with Crippen molar-refractivity contribution >= 4 is 22.8 Å². The minimum Gasteiger partial charge on any atom is -0.442 e. The fraction of sp³-hybridized carbons (Fsp3) is 0.474. The summed E-state index contributed by atoms with van der Waals surface area (Å²) in [5, 5.41) is 8.04. The molecule has 1 fully saturated rings. The van der Waals surface area contributed by atoms with E-state index in [1.165, 1.54) is 6.33 Å². The van der Waals surface area contributed by atoms with E-state index in [9.17, 15) is 4.79 Å². The molecule has 3 heterocycles. The van der Waals surface area contributed by atoms with Crippen molar-refractivity contribution in [1.29, 1.82) is 0 Å². The summed E-state index contributed by atoms with van der Waals surface area (Å²) in [6, 6.07) is 1.87. The van der Waals surface area contributed by atoms with Gasteiger partial charge in [-0.25, -0.2) is 9.97 Å². The van der Waals surface area contributed by atoms with Crippen molar-refractivity contribution in [3.8, 4) is 0 Å². The molecule has 1 saturated carbocycles. The maximum absolute atomic E-state index is 13.2. The molecule has 1 aliphatic carbocycles. The molecule has 0 bridgehead atoms. The van der Waals surface area contributed by atoms with Gasteiger partial charge in [0.1, 0.15) is 17.9 Å². The quantitative estimate of drug-likeness (QED) is 0.712. The first-order chi connectivity index (χ1) is 12.9. The van der Waals surface area contributed by atoms with E-state index in [1.54, 1.807) is 18.9 Å². The number of furan rings is 1. The summed E-state index contributed by atoms with van der Waals surface area (Å²) in [4.78, 5) is 23.3. The van der Waals surface area contributed by atoms with Crippen molar-refractivity contribution in [2.75, 3.05) is 12.4 Å². The highest BCUT2D eigenvalue weighted by Crippen LogP contribution is 2.40. The van der Waals surface area contributed by atoms with Crippen LogP contribution in [-0.4, -0.2) is 38.5 Å². The topological polar surface area (TPSA) is 97.3 Å². The molecular weight excluding hydrogens is 346 g/mol. The third-order valence-corrected chi connectivity index (χ3v) is 5.01. The molecule has 0 saturated heterocycles. The van der Waals surface area contributed by atoms with Crippen LogP contribution < -0.4 is 5.32 Å². The lowest BCUT2D eigenvalue weighted by Gasteiger charge is -2.16. The number of nitrogens with one attached hydrogen (secondary N) is 1. The maximum Gasteiger partial charge on any atom is 0.258 e. The Labute approximate surface area is 156 Å². The number of hydrogen-bond acceptors (Lipinski definition) is 7. The molecule has 0 aromatic carbocycles. The molecule has 3 aromatic rings. The summed E-state index contributed by atoms with van der Waals surface area (Å²) in [5.41, 5.74) is 1.79. The van der Waals surface area contributed by atoms with Crippen molar-refractivity contribution in [1.82, 2.24) is 20.0 Å². The van der Waals surface area contributed by atoms with Gasteiger partial charge < -0.3 is 19.2 Å². The van der Waals surface area contributed by atoms with Crippen molar-refractivity contribution in [2.45, 2.75) is 52.1 Å². The number of fused-ring (bicyclic) bond motifs is 1. The van der Waals surface area contributed by atoms with Crippen LogP contribution in [0.4, 0.5) is 5.82 Å². The Morgan fingerprint density at radius 2 is 2.15 bits per heavy atom. The number of amides is 1. The van der Waals surface area contributed by atoms with E-state index in [0.29, 0.717) is 40.5 Å². The standard InChI is InChI=1S/C19H23N5O3/c1-5-12-8-13(27-23-12)9-24(4)18(25)14-11(2)26-17-15(14)16(20-10-21-17)22-19(3)6-7-19/h8,10H,5-7,9H2,1-4H3,(H,20,21,22). The van der Waals surface area contributed by atoms with Gasteiger partial charge in [0.05, 0.1) is 23.2 Å². The average Bonchev–Trinajstić information content (AvgIpc) is 3.05. The van der Waals surface area contributed by atoms with E-state index >= 15 is 0 Å². The lowest BCUT2D eigenvalue weighted by Crippen LogP contribution is -2.27. The second kappa shape index (κ2) is 6.37. The molecule has 8 nitrogen and oxygen atoms in total. The number of aromatic nitrogens is 3. The van der Waals surface area contributed by atoms with Gasteiger partial charge in [-0.2, -0.15) is 0 Å². The lowest BCUT2D eigenvalue weighted by molar-refractivity contribution is 0.0772. The molecule has 1 aliphatic rings. The first kappa shape index (κ1) is 17.5. The monoisotopic (exact) mass is 369 g/mol. The third kappa shape index (κ3) is 3.27. The summed E-state index contributed by atoms with van der Waals surface area (Å²) in [7, 11) is 1.73. The van der Waals surface area contributed by atoms with Crippen LogP contribution in [-0.2, 0) is 13.0 Å². The minimum absolute atomic E-state index is 0.0229. The van der Waals surface area contributed by atoms with Crippen molar-refractivity contribution in [3.63, 3.8) is 0 Å². The van der Waals surface area contributed by atoms with E-state index in [2.05, 4.69) is 27.4 Å². The minimum atomic E-state index is -0.167. The SMILES string of the molecule is CCc1cc(CN(C)C(=O)c2c(C)oc3ncnc(NC4(C)CC4)c23)on1. The maximum atomic E-state index is 13.2. The van der Waals surface area contributed by atoms with E-state index < -0.39 is 0 Å². The summed E-state index contributed by atoms with van der Waals surface area (Å²) in [6.07, 6.45) is 4.39. The third-order valence-electron chi connectivity index (χ3n) is 5.01. The molecule has 27 heavy (non-hydrogen) atoms. The van der Waals surface area contributed by atoms with Crippen molar-refractivity contribution in [2.24, 2.45) is 0 Å². The van der Waals surface area contributed by atoms with Gasteiger partial charge in [0.15, 0.2) is 5.76 Å². The van der Waals surface area contributed by atoms with Gasteiger partial charge in [0, 0.05) is 18.7 Å². The molecule has 0 spiro atoms. The van der Waals surface area contributed by atoms with Gasteiger partial charge in [-0.3, -0.25) is 4.79 Å². The van der Waals surface area contributed by atoms with E-state index in [0.717, 1.165) is 25.0 Å². The molecule has 0 radical (unpaired) electrons. The van der Waals surface area contributed by atoms with Crippen LogP contribution in [0.25, 0.3) is 11.1 Å². The number of hydrogen-bond donors (Lipinski definition) is 1. The molecule has 0 atom stereocenters. The lowest BCUT2D eigenvalue weighted by atomic mass is 10.1. The number of carbonyl (C=O) groups is 1. The number of carbonyl (C=O) groups excluding carboxylic acids is 1. The van der Waals surface area contributed by atoms with Crippen LogP contribution in [0.1, 0.15) is 54.3 Å². The first-order valence-electron chi connectivity index (χ1n) is 9.12. The molecule has 0 aliphatic heterocycles. The molecule has 4 rings (SSSR count). The second-order valence-corrected chi connectivity index (χ2v) is 7.42. The summed E-state index contributed by atoms with van der Waals surface area (Å²) >= 11 is 0. The van der Waals surface area contributed by atoms with Crippen LogP contribution in [0.15, 0.2) is 21.3 Å². The smallest absolute Gasteiger partial charge is 0.258 e. The highest BCUT2D eigenvalue weighted by molar-refractivity contribution is 6.10. The zero-order chi connectivity index (χ0) is 19.2. The molecule has 8 heteroatoms.